The molecule has 0 radical (unpaired) electrons. The molecule has 3 heteroatoms. The van der Waals surface area contributed by atoms with Crippen molar-refractivity contribution in [2.24, 2.45) is 4.99 Å². The number of para-hydroxylation sites is 2. The van der Waals surface area contributed by atoms with E-state index in [1.54, 1.807) is 6.07 Å². The van der Waals surface area contributed by atoms with Crippen LogP contribution in [0, 0.1) is 5.82 Å². The van der Waals surface area contributed by atoms with Gasteiger partial charge in [-0.25, -0.2) is 4.39 Å². The smallest absolute Gasteiger partial charge is 0.123 e. The van der Waals surface area contributed by atoms with Gasteiger partial charge < -0.3 is 4.90 Å². The average Bonchev–Trinajstić information content (AvgIpc) is 2.73. The highest BCUT2D eigenvalue weighted by atomic mass is 19.1. The van der Waals surface area contributed by atoms with Gasteiger partial charge in [0.25, 0.3) is 0 Å². The van der Waals surface area contributed by atoms with Crippen molar-refractivity contribution in [1.82, 2.24) is 0 Å². The summed E-state index contributed by atoms with van der Waals surface area (Å²) in [4.78, 5) is 6.77. The predicted octanol–water partition coefficient (Wildman–Crippen LogP) is 7.26. The minimum Gasteiger partial charge on any atom is -0.314 e. The third kappa shape index (κ3) is 5.41. The summed E-state index contributed by atoms with van der Waals surface area (Å²) in [7, 11) is 0. The highest BCUT2D eigenvalue weighted by Crippen LogP contribution is 2.29. The molecule has 0 aliphatic carbocycles. The maximum atomic E-state index is 13.6. The first kappa shape index (κ1) is 20.5. The lowest BCUT2D eigenvalue weighted by Gasteiger charge is -2.25. The van der Waals surface area contributed by atoms with Gasteiger partial charge in [-0.3, -0.25) is 4.99 Å². The summed E-state index contributed by atoms with van der Waals surface area (Å²) in [6, 6.07) is 25.5. The van der Waals surface area contributed by atoms with Gasteiger partial charge in [0.15, 0.2) is 0 Å². The Morgan fingerprint density at radius 1 is 0.931 bits per heavy atom. The summed E-state index contributed by atoms with van der Waals surface area (Å²) in [6.07, 6.45) is 3.85. The molecule has 0 saturated heterocycles. The van der Waals surface area contributed by atoms with Crippen LogP contribution in [0.15, 0.2) is 95.6 Å². The predicted molar refractivity (Wildman–Crippen MR) is 121 cm³/mol. The SMILES string of the molecule is C/C(=C\C=NCc1ccc(F)cc1C(C)C)N(c1ccccc1)c1ccccc1. The molecule has 0 heterocycles. The Balaban J connectivity index is 1.81. The van der Waals surface area contributed by atoms with Gasteiger partial charge in [-0.2, -0.15) is 0 Å². The molecule has 0 saturated carbocycles. The van der Waals surface area contributed by atoms with Gasteiger partial charge in [0.2, 0.25) is 0 Å². The van der Waals surface area contributed by atoms with Crippen LogP contribution in [0.2, 0.25) is 0 Å². The number of halogens is 1. The van der Waals surface area contributed by atoms with Crippen LogP contribution < -0.4 is 4.90 Å². The summed E-state index contributed by atoms with van der Waals surface area (Å²) in [5.41, 5.74) is 5.34. The Morgan fingerprint density at radius 3 is 2.07 bits per heavy atom. The van der Waals surface area contributed by atoms with Crippen LogP contribution in [0.4, 0.5) is 15.8 Å². The summed E-state index contributed by atoms with van der Waals surface area (Å²) in [5.74, 6) is 0.0679. The molecule has 0 N–H and O–H groups in total. The molecular formula is C26H27FN2. The highest BCUT2D eigenvalue weighted by Gasteiger charge is 2.10. The molecule has 0 unspecified atom stereocenters. The van der Waals surface area contributed by atoms with Gasteiger partial charge in [0, 0.05) is 23.3 Å². The molecule has 0 aliphatic rings. The molecule has 2 nitrogen and oxygen atoms in total. The number of hydrogen-bond acceptors (Lipinski definition) is 2. The maximum absolute atomic E-state index is 13.6. The number of allylic oxidation sites excluding steroid dienone is 2. The number of hydrogen-bond donors (Lipinski definition) is 0. The third-order valence-corrected chi connectivity index (χ3v) is 4.79. The van der Waals surface area contributed by atoms with Crippen LogP contribution in [0.1, 0.15) is 37.8 Å². The molecule has 0 aromatic heterocycles. The number of anilines is 2. The first-order valence-corrected chi connectivity index (χ1v) is 9.91. The fourth-order valence-corrected chi connectivity index (χ4v) is 3.34. The van der Waals surface area contributed by atoms with Crippen molar-refractivity contribution in [3.8, 4) is 0 Å². The van der Waals surface area contributed by atoms with E-state index in [1.165, 1.54) is 6.07 Å². The van der Waals surface area contributed by atoms with Crippen molar-refractivity contribution < 1.29 is 4.39 Å². The Bertz CT molecular complexity index is 937. The molecular weight excluding hydrogens is 359 g/mol. The second-order valence-electron chi connectivity index (χ2n) is 7.30. The lowest BCUT2D eigenvalue weighted by molar-refractivity contribution is 0.621. The van der Waals surface area contributed by atoms with E-state index in [9.17, 15) is 4.39 Å². The minimum absolute atomic E-state index is 0.196. The van der Waals surface area contributed by atoms with Crippen LogP contribution in [0.25, 0.3) is 0 Å². The summed E-state index contributed by atoms with van der Waals surface area (Å²) in [5, 5.41) is 0. The van der Waals surface area contributed by atoms with Crippen molar-refractivity contribution in [2.45, 2.75) is 33.2 Å². The molecule has 0 spiro atoms. The van der Waals surface area contributed by atoms with Gasteiger partial charge >= 0.3 is 0 Å². The van der Waals surface area contributed by atoms with Crippen molar-refractivity contribution >= 4 is 17.6 Å². The van der Waals surface area contributed by atoms with E-state index >= 15 is 0 Å². The molecule has 0 atom stereocenters. The van der Waals surface area contributed by atoms with E-state index in [1.807, 2.05) is 54.8 Å². The lowest BCUT2D eigenvalue weighted by Crippen LogP contribution is -2.14. The fraction of sp³-hybridized carbons (Fsp3) is 0.192. The lowest BCUT2D eigenvalue weighted by atomic mass is 9.97. The van der Waals surface area contributed by atoms with Gasteiger partial charge in [-0.1, -0.05) is 56.3 Å². The van der Waals surface area contributed by atoms with Crippen LogP contribution in [-0.2, 0) is 6.54 Å². The van der Waals surface area contributed by atoms with Crippen molar-refractivity contribution in [1.29, 1.82) is 0 Å². The average molecular weight is 387 g/mol. The van der Waals surface area contributed by atoms with E-state index in [2.05, 4.69) is 54.9 Å². The molecule has 3 rings (SSSR count). The number of rotatable bonds is 7. The first-order chi connectivity index (χ1) is 14.1. The summed E-state index contributed by atoms with van der Waals surface area (Å²) < 4.78 is 13.6. The largest absolute Gasteiger partial charge is 0.314 e. The molecule has 0 amide bonds. The zero-order chi connectivity index (χ0) is 20.6. The monoisotopic (exact) mass is 386 g/mol. The second kappa shape index (κ2) is 9.83. The van der Waals surface area contributed by atoms with E-state index in [0.717, 1.165) is 28.2 Å². The van der Waals surface area contributed by atoms with Crippen LogP contribution >= 0.6 is 0 Å². The van der Waals surface area contributed by atoms with Gasteiger partial charge in [-0.15, -0.1) is 0 Å². The van der Waals surface area contributed by atoms with Crippen molar-refractivity contribution in [3.63, 3.8) is 0 Å². The molecule has 29 heavy (non-hydrogen) atoms. The Morgan fingerprint density at radius 2 is 1.52 bits per heavy atom. The summed E-state index contributed by atoms with van der Waals surface area (Å²) >= 11 is 0. The molecule has 3 aromatic rings. The quantitative estimate of drug-likeness (QED) is 0.390. The normalized spacial score (nSPS) is 12.0. The summed E-state index contributed by atoms with van der Waals surface area (Å²) in [6.45, 7) is 6.75. The standard InChI is InChI=1S/C26H27FN2/c1-20(2)26-18-23(27)15-14-22(26)19-28-17-16-21(3)29(24-10-6-4-7-11-24)25-12-8-5-9-13-25/h4-18,20H,19H2,1-3H3/b21-16+,28-17?. The Kier molecular flexibility index (Phi) is 6.96. The van der Waals surface area contributed by atoms with Crippen LogP contribution in [0.3, 0.4) is 0 Å². The van der Waals surface area contributed by atoms with Gasteiger partial charge in [0.1, 0.15) is 5.82 Å². The van der Waals surface area contributed by atoms with Crippen LogP contribution in [0.5, 0.6) is 0 Å². The van der Waals surface area contributed by atoms with Crippen LogP contribution in [-0.4, -0.2) is 6.21 Å². The first-order valence-electron chi connectivity index (χ1n) is 9.91. The van der Waals surface area contributed by atoms with Crippen molar-refractivity contribution in [3.05, 3.63) is 108 Å². The Labute approximate surface area is 173 Å². The third-order valence-electron chi connectivity index (χ3n) is 4.79. The minimum atomic E-state index is -0.196. The number of aliphatic imine (C=N–C) groups is 1. The second-order valence-corrected chi connectivity index (χ2v) is 7.30. The van der Waals surface area contributed by atoms with E-state index in [-0.39, 0.29) is 11.7 Å². The Hall–Kier alpha value is -3.20. The maximum Gasteiger partial charge on any atom is 0.123 e. The van der Waals surface area contributed by atoms with Gasteiger partial charge in [-0.05, 0) is 66.4 Å². The highest BCUT2D eigenvalue weighted by molar-refractivity contribution is 5.77. The zero-order valence-corrected chi connectivity index (χ0v) is 17.2. The number of nitrogens with zero attached hydrogens (tertiary/aromatic N) is 2. The fourth-order valence-electron chi connectivity index (χ4n) is 3.34. The molecule has 148 valence electrons. The van der Waals surface area contributed by atoms with Gasteiger partial charge in [0.05, 0.1) is 6.54 Å². The molecule has 3 aromatic carbocycles. The topological polar surface area (TPSA) is 15.6 Å². The van der Waals surface area contributed by atoms with E-state index in [4.69, 9.17) is 0 Å². The van der Waals surface area contributed by atoms with E-state index in [0.29, 0.717) is 6.54 Å². The molecule has 0 bridgehead atoms. The number of benzene rings is 3. The molecule has 0 aliphatic heterocycles. The molecule has 0 fully saturated rings. The van der Waals surface area contributed by atoms with E-state index < -0.39 is 0 Å². The van der Waals surface area contributed by atoms with Crippen molar-refractivity contribution in [2.75, 3.05) is 4.90 Å². The zero-order valence-electron chi connectivity index (χ0n) is 17.2.